The zero-order valence-electron chi connectivity index (χ0n) is 12.7. The molecule has 1 unspecified atom stereocenters. The van der Waals surface area contributed by atoms with Gasteiger partial charge in [0.05, 0.1) is 22.9 Å². The first-order chi connectivity index (χ1) is 10.6. The number of thiazole rings is 1. The quantitative estimate of drug-likeness (QED) is 0.914. The van der Waals surface area contributed by atoms with Crippen molar-refractivity contribution in [2.75, 3.05) is 13.1 Å². The third-order valence-corrected chi connectivity index (χ3v) is 5.27. The number of aromatic nitrogens is 1. The minimum Gasteiger partial charge on any atom is -0.393 e. The number of urea groups is 1. The molecule has 1 atom stereocenters. The highest BCUT2D eigenvalue weighted by molar-refractivity contribution is 7.18. The number of rotatable bonds is 3. The molecule has 0 spiro atoms. The lowest BCUT2D eigenvalue weighted by Gasteiger charge is -2.33. The Kier molecular flexibility index (Phi) is 4.59. The van der Waals surface area contributed by atoms with Crippen LogP contribution in [0.2, 0.25) is 0 Å². The number of hydrogen-bond donors (Lipinski definition) is 2. The number of benzene rings is 1. The van der Waals surface area contributed by atoms with Crippen LogP contribution in [-0.2, 0) is 6.54 Å². The zero-order chi connectivity index (χ0) is 15.5. The van der Waals surface area contributed by atoms with Gasteiger partial charge in [0.15, 0.2) is 0 Å². The number of aliphatic hydroxyl groups is 1. The molecule has 0 saturated carbocycles. The molecule has 118 valence electrons. The summed E-state index contributed by atoms with van der Waals surface area (Å²) >= 11 is 1.61. The van der Waals surface area contributed by atoms with E-state index >= 15 is 0 Å². The van der Waals surface area contributed by atoms with Crippen LogP contribution < -0.4 is 5.32 Å². The van der Waals surface area contributed by atoms with Gasteiger partial charge in [-0.25, -0.2) is 9.78 Å². The summed E-state index contributed by atoms with van der Waals surface area (Å²) in [6, 6.07) is 7.95. The van der Waals surface area contributed by atoms with Gasteiger partial charge in [0.25, 0.3) is 0 Å². The standard InChI is InChI=1S/C16H21N3O2S/c1-11(20)12-6-8-19(9-7-12)16(21)17-10-15-18-13-4-2-3-5-14(13)22-15/h2-5,11-12,20H,6-10H2,1H3,(H,17,21). The maximum atomic E-state index is 12.2. The van der Waals surface area contributed by atoms with Crippen molar-refractivity contribution in [2.45, 2.75) is 32.4 Å². The van der Waals surface area contributed by atoms with Crippen LogP contribution in [0.4, 0.5) is 4.79 Å². The molecule has 1 aromatic carbocycles. The molecule has 0 aliphatic carbocycles. The van der Waals surface area contributed by atoms with Crippen molar-refractivity contribution >= 4 is 27.6 Å². The van der Waals surface area contributed by atoms with Crippen LogP contribution in [0.25, 0.3) is 10.2 Å². The number of amides is 2. The first kappa shape index (κ1) is 15.2. The van der Waals surface area contributed by atoms with E-state index in [2.05, 4.69) is 10.3 Å². The number of likely N-dealkylation sites (tertiary alicyclic amines) is 1. The Balaban J connectivity index is 1.52. The van der Waals surface area contributed by atoms with Crippen LogP contribution in [0, 0.1) is 5.92 Å². The predicted octanol–water partition coefficient (Wildman–Crippen LogP) is 2.60. The van der Waals surface area contributed by atoms with Gasteiger partial charge >= 0.3 is 6.03 Å². The minimum atomic E-state index is -0.284. The van der Waals surface area contributed by atoms with Crippen molar-refractivity contribution in [2.24, 2.45) is 5.92 Å². The van der Waals surface area contributed by atoms with Gasteiger partial charge in [-0.1, -0.05) is 12.1 Å². The Labute approximate surface area is 134 Å². The number of carbonyl (C=O) groups is 1. The van der Waals surface area contributed by atoms with Crippen molar-refractivity contribution in [1.82, 2.24) is 15.2 Å². The van der Waals surface area contributed by atoms with E-state index in [0.717, 1.165) is 28.1 Å². The molecule has 1 fully saturated rings. The van der Waals surface area contributed by atoms with Gasteiger partial charge in [0, 0.05) is 13.1 Å². The monoisotopic (exact) mass is 319 g/mol. The third kappa shape index (κ3) is 3.39. The molecule has 1 aliphatic heterocycles. The van der Waals surface area contributed by atoms with Crippen molar-refractivity contribution < 1.29 is 9.90 Å². The van der Waals surface area contributed by atoms with Crippen LogP contribution in [0.1, 0.15) is 24.8 Å². The van der Waals surface area contributed by atoms with Gasteiger partial charge in [-0.2, -0.15) is 0 Å². The van der Waals surface area contributed by atoms with Gasteiger partial charge in [0.2, 0.25) is 0 Å². The number of fused-ring (bicyclic) bond motifs is 1. The van der Waals surface area contributed by atoms with Crippen LogP contribution in [0.5, 0.6) is 0 Å². The number of nitrogens with one attached hydrogen (secondary N) is 1. The topological polar surface area (TPSA) is 65.5 Å². The Morgan fingerprint density at radius 2 is 2.18 bits per heavy atom. The van der Waals surface area contributed by atoms with Gasteiger partial charge < -0.3 is 15.3 Å². The normalized spacial score (nSPS) is 17.6. The Morgan fingerprint density at radius 1 is 1.45 bits per heavy atom. The van der Waals surface area contributed by atoms with Crippen molar-refractivity contribution in [1.29, 1.82) is 0 Å². The average molecular weight is 319 g/mol. The maximum absolute atomic E-state index is 12.2. The molecule has 3 rings (SSSR count). The zero-order valence-corrected chi connectivity index (χ0v) is 13.5. The molecule has 5 nitrogen and oxygen atoms in total. The molecule has 1 aliphatic rings. The van der Waals surface area contributed by atoms with Gasteiger partial charge in [-0.3, -0.25) is 0 Å². The lowest BCUT2D eigenvalue weighted by molar-refractivity contribution is 0.0798. The fourth-order valence-corrected chi connectivity index (χ4v) is 3.75. The fraction of sp³-hybridized carbons (Fsp3) is 0.500. The molecule has 2 amide bonds. The fourth-order valence-electron chi connectivity index (χ4n) is 2.84. The molecule has 22 heavy (non-hydrogen) atoms. The summed E-state index contributed by atoms with van der Waals surface area (Å²) in [5.74, 6) is 0.313. The summed E-state index contributed by atoms with van der Waals surface area (Å²) in [4.78, 5) is 18.5. The second-order valence-electron chi connectivity index (χ2n) is 5.80. The summed E-state index contributed by atoms with van der Waals surface area (Å²) in [5.41, 5.74) is 0.981. The number of hydrogen-bond acceptors (Lipinski definition) is 4. The molecular formula is C16H21N3O2S. The summed E-state index contributed by atoms with van der Waals surface area (Å²) in [6.07, 6.45) is 1.45. The van der Waals surface area contributed by atoms with E-state index in [1.54, 1.807) is 11.3 Å². The van der Waals surface area contributed by atoms with Crippen LogP contribution in [0.3, 0.4) is 0 Å². The maximum Gasteiger partial charge on any atom is 0.317 e. The van der Waals surface area contributed by atoms with Crippen molar-refractivity contribution in [3.8, 4) is 0 Å². The number of aliphatic hydroxyl groups excluding tert-OH is 1. The number of carbonyl (C=O) groups excluding carboxylic acids is 1. The summed E-state index contributed by atoms with van der Waals surface area (Å²) in [6.45, 7) is 3.71. The Bertz CT molecular complexity index is 615. The predicted molar refractivity (Wildman–Crippen MR) is 87.8 cm³/mol. The van der Waals surface area contributed by atoms with Crippen LogP contribution >= 0.6 is 11.3 Å². The molecule has 1 saturated heterocycles. The molecule has 0 bridgehead atoms. The van der Waals surface area contributed by atoms with E-state index < -0.39 is 0 Å². The smallest absolute Gasteiger partial charge is 0.317 e. The Morgan fingerprint density at radius 3 is 2.86 bits per heavy atom. The first-order valence-corrected chi connectivity index (χ1v) is 8.50. The summed E-state index contributed by atoms with van der Waals surface area (Å²) < 4.78 is 1.14. The Hall–Kier alpha value is -1.66. The van der Waals surface area contributed by atoms with E-state index in [1.165, 1.54) is 0 Å². The van der Waals surface area contributed by atoms with E-state index in [0.29, 0.717) is 25.6 Å². The van der Waals surface area contributed by atoms with Crippen molar-refractivity contribution in [3.05, 3.63) is 29.3 Å². The van der Waals surface area contributed by atoms with Gasteiger partial charge in [0.1, 0.15) is 5.01 Å². The molecule has 2 N–H and O–H groups in total. The first-order valence-electron chi connectivity index (χ1n) is 7.69. The number of nitrogens with zero attached hydrogens (tertiary/aromatic N) is 2. The average Bonchev–Trinajstić information content (AvgIpc) is 2.95. The number of para-hydroxylation sites is 1. The second-order valence-corrected chi connectivity index (χ2v) is 6.91. The van der Waals surface area contributed by atoms with E-state index in [4.69, 9.17) is 0 Å². The molecule has 2 aromatic rings. The molecule has 6 heteroatoms. The van der Waals surface area contributed by atoms with Crippen LogP contribution in [-0.4, -0.2) is 40.2 Å². The molecule has 2 heterocycles. The van der Waals surface area contributed by atoms with E-state index in [1.807, 2.05) is 36.1 Å². The highest BCUT2D eigenvalue weighted by Gasteiger charge is 2.25. The highest BCUT2D eigenvalue weighted by atomic mass is 32.1. The van der Waals surface area contributed by atoms with Crippen molar-refractivity contribution in [3.63, 3.8) is 0 Å². The largest absolute Gasteiger partial charge is 0.393 e. The molecule has 1 aromatic heterocycles. The highest BCUT2D eigenvalue weighted by Crippen LogP contribution is 2.22. The SMILES string of the molecule is CC(O)C1CCN(C(=O)NCc2nc3ccccc3s2)CC1. The second kappa shape index (κ2) is 6.62. The molecular weight excluding hydrogens is 298 g/mol. The minimum absolute atomic E-state index is 0.0386. The van der Waals surface area contributed by atoms with E-state index in [9.17, 15) is 9.90 Å². The number of piperidine rings is 1. The van der Waals surface area contributed by atoms with Crippen LogP contribution in [0.15, 0.2) is 24.3 Å². The lowest BCUT2D eigenvalue weighted by Crippen LogP contribution is -2.45. The lowest BCUT2D eigenvalue weighted by atomic mass is 9.92. The van der Waals surface area contributed by atoms with Gasteiger partial charge in [-0.05, 0) is 37.8 Å². The summed E-state index contributed by atoms with van der Waals surface area (Å²) in [5, 5.41) is 13.5. The summed E-state index contributed by atoms with van der Waals surface area (Å²) in [7, 11) is 0. The third-order valence-electron chi connectivity index (χ3n) is 4.24. The molecule has 0 radical (unpaired) electrons. The van der Waals surface area contributed by atoms with Gasteiger partial charge in [-0.15, -0.1) is 11.3 Å². The van der Waals surface area contributed by atoms with E-state index in [-0.39, 0.29) is 12.1 Å².